The molecule has 0 unspecified atom stereocenters. The summed E-state index contributed by atoms with van der Waals surface area (Å²) in [6, 6.07) is 4.39. The number of hydrogen-bond donors (Lipinski definition) is 2. The average Bonchev–Trinajstić information content (AvgIpc) is 3.06. The van der Waals surface area contributed by atoms with Crippen molar-refractivity contribution in [2.24, 2.45) is 0 Å². The van der Waals surface area contributed by atoms with E-state index in [2.05, 4.69) is 15.5 Å². The van der Waals surface area contributed by atoms with E-state index in [0.717, 1.165) is 5.56 Å². The van der Waals surface area contributed by atoms with Gasteiger partial charge in [-0.15, -0.1) is 0 Å². The largest absolute Gasteiger partial charge is 0.310 e. The van der Waals surface area contributed by atoms with Crippen LogP contribution in [-0.2, 0) is 6.54 Å². The molecule has 3 rings (SSSR count). The maximum absolute atomic E-state index is 13.7. The Morgan fingerprint density at radius 2 is 2.00 bits per heavy atom. The summed E-state index contributed by atoms with van der Waals surface area (Å²) >= 11 is 0. The van der Waals surface area contributed by atoms with Crippen molar-refractivity contribution in [1.29, 1.82) is 0 Å². The molecule has 1 aliphatic carbocycles. The third kappa shape index (κ3) is 2.13. The van der Waals surface area contributed by atoms with Crippen LogP contribution in [0.25, 0.3) is 11.3 Å². The second-order valence-electron chi connectivity index (χ2n) is 4.52. The molecule has 3 nitrogen and oxygen atoms in total. The van der Waals surface area contributed by atoms with Gasteiger partial charge in [0.2, 0.25) is 0 Å². The first-order valence-electron chi connectivity index (χ1n) is 5.95. The Morgan fingerprint density at radius 3 is 2.67 bits per heavy atom. The van der Waals surface area contributed by atoms with Gasteiger partial charge in [0.1, 0.15) is 11.6 Å². The Bertz CT molecular complexity index is 541. The molecule has 5 heteroatoms. The van der Waals surface area contributed by atoms with Crippen molar-refractivity contribution in [2.45, 2.75) is 25.4 Å². The molecule has 2 aromatic rings. The van der Waals surface area contributed by atoms with Gasteiger partial charge in [0.25, 0.3) is 0 Å². The molecule has 1 aromatic carbocycles. The van der Waals surface area contributed by atoms with Crippen molar-refractivity contribution < 1.29 is 8.78 Å². The van der Waals surface area contributed by atoms with E-state index in [1.165, 1.54) is 31.0 Å². The van der Waals surface area contributed by atoms with Crippen molar-refractivity contribution in [1.82, 2.24) is 15.5 Å². The number of hydrogen-bond acceptors (Lipinski definition) is 2. The highest BCUT2D eigenvalue weighted by molar-refractivity contribution is 5.64. The number of nitrogens with zero attached hydrogens (tertiary/aromatic N) is 1. The zero-order valence-corrected chi connectivity index (χ0v) is 9.71. The third-order valence-electron chi connectivity index (χ3n) is 3.09. The highest BCUT2D eigenvalue weighted by Gasteiger charge is 2.22. The van der Waals surface area contributed by atoms with Crippen molar-refractivity contribution in [2.75, 3.05) is 0 Å². The molecular formula is C13H13F2N3. The SMILES string of the molecule is Fc1cccc(F)c1-c1[nH]ncc1CNC1CC1. The number of nitrogens with one attached hydrogen (secondary N) is 2. The molecule has 0 saturated heterocycles. The molecule has 0 spiro atoms. The van der Waals surface area contributed by atoms with E-state index in [4.69, 9.17) is 0 Å². The molecule has 2 N–H and O–H groups in total. The highest BCUT2D eigenvalue weighted by atomic mass is 19.1. The maximum Gasteiger partial charge on any atom is 0.135 e. The summed E-state index contributed by atoms with van der Waals surface area (Å²) in [6.45, 7) is 0.574. The third-order valence-corrected chi connectivity index (χ3v) is 3.09. The van der Waals surface area contributed by atoms with Gasteiger partial charge in [-0.05, 0) is 25.0 Å². The molecule has 1 fully saturated rings. The zero-order valence-electron chi connectivity index (χ0n) is 9.71. The Balaban J connectivity index is 1.93. The fraction of sp³-hybridized carbons (Fsp3) is 0.308. The minimum absolute atomic E-state index is 0.0393. The molecular weight excluding hydrogens is 236 g/mol. The molecule has 0 amide bonds. The summed E-state index contributed by atoms with van der Waals surface area (Å²) in [7, 11) is 0. The molecule has 94 valence electrons. The lowest BCUT2D eigenvalue weighted by molar-refractivity contribution is 0.587. The number of halogens is 2. The van der Waals surface area contributed by atoms with Crippen LogP contribution in [0.4, 0.5) is 8.78 Å². The van der Waals surface area contributed by atoms with Crippen molar-refractivity contribution in [3.63, 3.8) is 0 Å². The molecule has 0 radical (unpaired) electrons. The summed E-state index contributed by atoms with van der Waals surface area (Å²) in [5.74, 6) is -1.15. The Kier molecular flexibility index (Phi) is 2.83. The summed E-state index contributed by atoms with van der Waals surface area (Å²) < 4.78 is 27.4. The predicted molar refractivity (Wildman–Crippen MR) is 63.8 cm³/mol. The fourth-order valence-electron chi connectivity index (χ4n) is 1.94. The van der Waals surface area contributed by atoms with Crippen LogP contribution in [0.2, 0.25) is 0 Å². The lowest BCUT2D eigenvalue weighted by Gasteiger charge is -2.06. The van der Waals surface area contributed by atoms with E-state index in [9.17, 15) is 8.78 Å². The maximum atomic E-state index is 13.7. The Morgan fingerprint density at radius 1 is 1.28 bits per heavy atom. The van der Waals surface area contributed by atoms with Gasteiger partial charge in [0, 0.05) is 18.2 Å². The van der Waals surface area contributed by atoms with E-state index in [0.29, 0.717) is 18.3 Å². The molecule has 0 atom stereocenters. The van der Waals surface area contributed by atoms with Gasteiger partial charge in [-0.2, -0.15) is 5.10 Å². The monoisotopic (exact) mass is 249 g/mol. The highest BCUT2D eigenvalue weighted by Crippen LogP contribution is 2.27. The number of aromatic amines is 1. The molecule has 1 heterocycles. The first-order valence-corrected chi connectivity index (χ1v) is 5.95. The number of H-pyrrole nitrogens is 1. The topological polar surface area (TPSA) is 40.7 Å². The number of benzene rings is 1. The van der Waals surface area contributed by atoms with Crippen LogP contribution in [0, 0.1) is 11.6 Å². The molecule has 0 bridgehead atoms. The summed E-state index contributed by atoms with van der Waals surface area (Å²) in [6.07, 6.45) is 3.94. The van der Waals surface area contributed by atoms with E-state index in [1.54, 1.807) is 6.20 Å². The molecule has 0 aliphatic heterocycles. The summed E-state index contributed by atoms with van der Waals surface area (Å²) in [5, 5.41) is 9.86. The lowest BCUT2D eigenvalue weighted by atomic mass is 10.1. The van der Waals surface area contributed by atoms with Gasteiger partial charge in [-0.3, -0.25) is 5.10 Å². The standard InChI is InChI=1S/C13H13F2N3/c14-10-2-1-3-11(15)12(10)13-8(7-17-18-13)6-16-9-4-5-9/h1-3,7,9,16H,4-6H2,(H,17,18). The average molecular weight is 249 g/mol. The number of aromatic nitrogens is 2. The van der Waals surface area contributed by atoms with Crippen LogP contribution in [-0.4, -0.2) is 16.2 Å². The summed E-state index contributed by atoms with van der Waals surface area (Å²) in [4.78, 5) is 0. The van der Waals surface area contributed by atoms with Gasteiger partial charge < -0.3 is 5.32 Å². The van der Waals surface area contributed by atoms with Gasteiger partial charge in [0.05, 0.1) is 17.5 Å². The van der Waals surface area contributed by atoms with E-state index >= 15 is 0 Å². The minimum atomic E-state index is -0.577. The fourth-order valence-corrected chi connectivity index (χ4v) is 1.94. The molecule has 18 heavy (non-hydrogen) atoms. The smallest absolute Gasteiger partial charge is 0.135 e. The van der Waals surface area contributed by atoms with E-state index in [-0.39, 0.29) is 5.56 Å². The normalized spacial score (nSPS) is 15.0. The predicted octanol–water partition coefficient (Wildman–Crippen LogP) is 2.61. The van der Waals surface area contributed by atoms with Crippen LogP contribution in [0.15, 0.2) is 24.4 Å². The number of rotatable bonds is 4. The van der Waals surface area contributed by atoms with Crippen LogP contribution < -0.4 is 5.32 Å². The molecule has 1 saturated carbocycles. The first kappa shape index (κ1) is 11.3. The van der Waals surface area contributed by atoms with Crippen molar-refractivity contribution in [3.8, 4) is 11.3 Å². The quantitative estimate of drug-likeness (QED) is 0.874. The Hall–Kier alpha value is -1.75. The van der Waals surface area contributed by atoms with Gasteiger partial charge in [-0.25, -0.2) is 8.78 Å². The van der Waals surface area contributed by atoms with Crippen molar-refractivity contribution >= 4 is 0 Å². The molecule has 1 aliphatic rings. The van der Waals surface area contributed by atoms with Crippen LogP contribution in [0.3, 0.4) is 0 Å². The van der Waals surface area contributed by atoms with Crippen molar-refractivity contribution in [3.05, 3.63) is 41.6 Å². The van der Waals surface area contributed by atoms with E-state index in [1.807, 2.05) is 0 Å². The zero-order chi connectivity index (χ0) is 12.5. The van der Waals surface area contributed by atoms with Crippen LogP contribution in [0.1, 0.15) is 18.4 Å². The lowest BCUT2D eigenvalue weighted by Crippen LogP contribution is -2.15. The van der Waals surface area contributed by atoms with Gasteiger partial charge >= 0.3 is 0 Å². The van der Waals surface area contributed by atoms with Gasteiger partial charge in [0.15, 0.2) is 0 Å². The van der Waals surface area contributed by atoms with Crippen LogP contribution in [0.5, 0.6) is 0 Å². The Labute approximate surface area is 103 Å². The van der Waals surface area contributed by atoms with Crippen LogP contribution >= 0.6 is 0 Å². The second-order valence-corrected chi connectivity index (χ2v) is 4.52. The minimum Gasteiger partial charge on any atom is -0.310 e. The summed E-state index contributed by atoms with van der Waals surface area (Å²) in [5.41, 5.74) is 1.16. The van der Waals surface area contributed by atoms with E-state index < -0.39 is 11.6 Å². The second kappa shape index (κ2) is 4.49. The van der Waals surface area contributed by atoms with Gasteiger partial charge in [-0.1, -0.05) is 6.07 Å². The molecule has 1 aromatic heterocycles. The first-order chi connectivity index (χ1) is 8.75.